The Morgan fingerprint density at radius 3 is 2.80 bits per heavy atom. The molecule has 2 aromatic rings. The molecule has 1 fully saturated rings. The highest BCUT2D eigenvalue weighted by Crippen LogP contribution is 2.17. The molecule has 0 aliphatic carbocycles. The fraction of sp³-hybridized carbons (Fsp3) is 0.421. The first kappa shape index (κ1) is 17.2. The summed E-state index contributed by atoms with van der Waals surface area (Å²) >= 11 is 0. The zero-order valence-electron chi connectivity index (χ0n) is 14.7. The van der Waals surface area contributed by atoms with Crippen molar-refractivity contribution in [3.8, 4) is 0 Å². The number of carbonyl (C=O) groups is 2. The van der Waals surface area contributed by atoms with Crippen LogP contribution in [0.15, 0.2) is 36.5 Å². The number of hydrogen-bond donors (Lipinski definition) is 1. The van der Waals surface area contributed by atoms with Gasteiger partial charge in [0.25, 0.3) is 5.91 Å². The molecule has 0 radical (unpaired) electrons. The van der Waals surface area contributed by atoms with E-state index in [2.05, 4.69) is 10.4 Å². The molecule has 25 heavy (non-hydrogen) atoms. The molecule has 1 N–H and O–H groups in total. The topological polar surface area (TPSA) is 67.2 Å². The standard InChI is InChI=1S/C19H24N4O2/c1-3-17-16(12-21-23(17)13-15-8-5-4-6-9-15)19(25)22-11-7-10-20-18(24)14(22)2/h4-6,8-9,12,14H,3,7,10-11,13H2,1-2H3,(H,20,24). The van der Waals surface area contributed by atoms with Crippen molar-refractivity contribution in [3.05, 3.63) is 53.3 Å². The van der Waals surface area contributed by atoms with E-state index in [1.54, 1.807) is 18.0 Å². The van der Waals surface area contributed by atoms with E-state index >= 15 is 0 Å². The normalized spacial score (nSPS) is 17.9. The number of rotatable bonds is 4. The maximum Gasteiger partial charge on any atom is 0.258 e. The van der Waals surface area contributed by atoms with Crippen LogP contribution in [-0.2, 0) is 17.8 Å². The minimum Gasteiger partial charge on any atom is -0.354 e. The van der Waals surface area contributed by atoms with Crippen LogP contribution in [0.25, 0.3) is 0 Å². The zero-order chi connectivity index (χ0) is 17.8. The Morgan fingerprint density at radius 1 is 1.32 bits per heavy atom. The number of nitrogens with zero attached hydrogens (tertiary/aromatic N) is 3. The summed E-state index contributed by atoms with van der Waals surface area (Å²) in [6.45, 7) is 5.62. The average molecular weight is 340 g/mol. The molecule has 0 saturated carbocycles. The van der Waals surface area contributed by atoms with Gasteiger partial charge in [-0.3, -0.25) is 14.3 Å². The number of amides is 2. The van der Waals surface area contributed by atoms with Crippen LogP contribution in [-0.4, -0.2) is 45.6 Å². The Labute approximate surface area is 147 Å². The minimum absolute atomic E-state index is 0.0967. The third-order valence-electron chi connectivity index (χ3n) is 4.67. The average Bonchev–Trinajstić information content (AvgIpc) is 2.95. The van der Waals surface area contributed by atoms with Crippen molar-refractivity contribution in [3.63, 3.8) is 0 Å². The lowest BCUT2D eigenvalue weighted by Gasteiger charge is -2.25. The van der Waals surface area contributed by atoms with Crippen molar-refractivity contribution >= 4 is 11.8 Å². The van der Waals surface area contributed by atoms with Crippen molar-refractivity contribution < 1.29 is 9.59 Å². The van der Waals surface area contributed by atoms with E-state index < -0.39 is 6.04 Å². The molecule has 3 rings (SSSR count). The third-order valence-corrected chi connectivity index (χ3v) is 4.67. The van der Waals surface area contributed by atoms with Crippen molar-refractivity contribution in [1.29, 1.82) is 0 Å². The van der Waals surface area contributed by atoms with Gasteiger partial charge >= 0.3 is 0 Å². The second kappa shape index (κ2) is 7.51. The molecule has 1 aromatic carbocycles. The quantitative estimate of drug-likeness (QED) is 0.923. The Bertz CT molecular complexity index is 754. The lowest BCUT2D eigenvalue weighted by molar-refractivity contribution is -0.124. The van der Waals surface area contributed by atoms with Gasteiger partial charge < -0.3 is 10.2 Å². The molecule has 0 spiro atoms. The van der Waals surface area contributed by atoms with Crippen LogP contribution >= 0.6 is 0 Å². The van der Waals surface area contributed by atoms with Gasteiger partial charge in [-0.1, -0.05) is 37.3 Å². The zero-order valence-corrected chi connectivity index (χ0v) is 14.7. The number of aromatic nitrogens is 2. The second-order valence-corrected chi connectivity index (χ2v) is 6.32. The predicted octanol–water partition coefficient (Wildman–Crippen LogP) is 1.84. The van der Waals surface area contributed by atoms with Crippen molar-refractivity contribution in [1.82, 2.24) is 20.0 Å². The fourth-order valence-corrected chi connectivity index (χ4v) is 3.23. The van der Waals surface area contributed by atoms with E-state index in [1.807, 2.05) is 41.9 Å². The second-order valence-electron chi connectivity index (χ2n) is 6.32. The number of nitrogens with one attached hydrogen (secondary N) is 1. The monoisotopic (exact) mass is 340 g/mol. The summed E-state index contributed by atoms with van der Waals surface area (Å²) in [6, 6.07) is 9.60. The van der Waals surface area contributed by atoms with Gasteiger partial charge in [0.15, 0.2) is 0 Å². The molecule has 2 heterocycles. The van der Waals surface area contributed by atoms with Crippen molar-refractivity contribution in [2.45, 2.75) is 39.3 Å². The maximum atomic E-state index is 13.0. The molecule has 1 saturated heterocycles. The molecule has 2 amide bonds. The first-order valence-corrected chi connectivity index (χ1v) is 8.79. The van der Waals surface area contributed by atoms with Gasteiger partial charge in [0.1, 0.15) is 6.04 Å². The summed E-state index contributed by atoms with van der Waals surface area (Å²) in [4.78, 5) is 26.7. The lowest BCUT2D eigenvalue weighted by Crippen LogP contribution is -2.45. The highest BCUT2D eigenvalue weighted by atomic mass is 16.2. The first-order valence-electron chi connectivity index (χ1n) is 8.79. The SMILES string of the molecule is CCc1c(C(=O)N2CCCNC(=O)C2C)cnn1Cc1ccccc1. The van der Waals surface area contributed by atoms with Crippen molar-refractivity contribution in [2.24, 2.45) is 0 Å². The largest absolute Gasteiger partial charge is 0.354 e. The molecule has 1 atom stereocenters. The van der Waals surface area contributed by atoms with Crippen LogP contribution in [0.5, 0.6) is 0 Å². The molecular formula is C19H24N4O2. The first-order chi connectivity index (χ1) is 12.1. The molecule has 0 bridgehead atoms. The van der Waals surface area contributed by atoms with E-state index in [-0.39, 0.29) is 11.8 Å². The Morgan fingerprint density at radius 2 is 2.08 bits per heavy atom. The number of carbonyl (C=O) groups excluding carboxylic acids is 2. The van der Waals surface area contributed by atoms with Crippen LogP contribution in [0.2, 0.25) is 0 Å². The summed E-state index contributed by atoms with van der Waals surface area (Å²) in [5, 5.41) is 7.28. The summed E-state index contributed by atoms with van der Waals surface area (Å²) in [5.74, 6) is -0.207. The molecule has 6 nitrogen and oxygen atoms in total. The molecule has 1 aliphatic rings. The van der Waals surface area contributed by atoms with Crippen LogP contribution in [0, 0.1) is 0 Å². The number of hydrogen-bond acceptors (Lipinski definition) is 3. The van der Waals surface area contributed by atoms with Crippen LogP contribution in [0.4, 0.5) is 0 Å². The Kier molecular flexibility index (Phi) is 5.16. The molecular weight excluding hydrogens is 316 g/mol. The van der Waals surface area contributed by atoms with Crippen molar-refractivity contribution in [2.75, 3.05) is 13.1 Å². The van der Waals surface area contributed by atoms with Gasteiger partial charge in [0, 0.05) is 13.1 Å². The number of benzene rings is 1. The smallest absolute Gasteiger partial charge is 0.258 e. The fourth-order valence-electron chi connectivity index (χ4n) is 3.23. The van der Waals surface area contributed by atoms with Gasteiger partial charge in [-0.2, -0.15) is 5.10 Å². The van der Waals surface area contributed by atoms with E-state index in [1.165, 1.54) is 0 Å². The van der Waals surface area contributed by atoms with Gasteiger partial charge in [0.05, 0.1) is 24.0 Å². The summed E-state index contributed by atoms with van der Waals surface area (Å²) < 4.78 is 1.88. The van der Waals surface area contributed by atoms with Gasteiger partial charge in [-0.15, -0.1) is 0 Å². The minimum atomic E-state index is -0.461. The van der Waals surface area contributed by atoms with Gasteiger partial charge in [0.2, 0.25) is 5.91 Å². The van der Waals surface area contributed by atoms with E-state index in [4.69, 9.17) is 0 Å². The van der Waals surface area contributed by atoms with Crippen LogP contribution < -0.4 is 5.32 Å². The van der Waals surface area contributed by atoms with E-state index in [0.29, 0.717) is 31.6 Å². The summed E-state index contributed by atoms with van der Waals surface area (Å²) in [6.07, 6.45) is 3.11. The summed E-state index contributed by atoms with van der Waals surface area (Å²) in [7, 11) is 0. The maximum absolute atomic E-state index is 13.0. The predicted molar refractivity (Wildman–Crippen MR) is 95.3 cm³/mol. The van der Waals surface area contributed by atoms with E-state index in [9.17, 15) is 9.59 Å². The molecule has 1 aliphatic heterocycles. The molecule has 6 heteroatoms. The van der Waals surface area contributed by atoms with Gasteiger partial charge in [-0.05, 0) is 25.3 Å². The van der Waals surface area contributed by atoms with Crippen LogP contribution in [0.3, 0.4) is 0 Å². The third kappa shape index (κ3) is 3.57. The molecule has 1 unspecified atom stereocenters. The summed E-state index contributed by atoms with van der Waals surface area (Å²) in [5.41, 5.74) is 2.65. The molecule has 1 aromatic heterocycles. The van der Waals surface area contributed by atoms with Crippen LogP contribution in [0.1, 0.15) is 41.9 Å². The highest BCUT2D eigenvalue weighted by Gasteiger charge is 2.30. The highest BCUT2D eigenvalue weighted by molar-refractivity contribution is 5.98. The Balaban J connectivity index is 1.86. The van der Waals surface area contributed by atoms with E-state index in [0.717, 1.165) is 17.7 Å². The lowest BCUT2D eigenvalue weighted by atomic mass is 10.1. The Hall–Kier alpha value is -2.63. The van der Waals surface area contributed by atoms with Gasteiger partial charge in [-0.25, -0.2) is 0 Å². The molecule has 132 valence electrons.